The van der Waals surface area contributed by atoms with Gasteiger partial charge in [0, 0.05) is 0 Å². The molecule has 4 atom stereocenters. The SMILES string of the molecule is NC(=S)[C@@H]1OC(COC(=O)c2ccccc2)[C@@H](OC(=O)c2ccccc2)[C@H]1OC(=O)c1ccccc1. The maximum absolute atomic E-state index is 12.9. The summed E-state index contributed by atoms with van der Waals surface area (Å²) in [4.78, 5) is 38.1. The average Bonchev–Trinajstić information content (AvgIpc) is 3.25. The van der Waals surface area contributed by atoms with Crippen LogP contribution in [0.4, 0.5) is 0 Å². The molecule has 2 N–H and O–H groups in total. The first-order valence-corrected chi connectivity index (χ1v) is 11.5. The number of thiocarbonyl (C=S) groups is 1. The standard InChI is InChI=1S/C27H23NO7S/c28-24(36)23-22(35-27(31)19-14-8-3-9-15-19)21(34-26(30)18-12-6-2-7-13-18)20(33-23)16-32-25(29)17-10-4-1-5-11-17/h1-15,20-23H,16H2,(H2,28,36)/t20?,21-,22-,23-/m1/s1. The third-order valence-electron chi connectivity index (χ3n) is 5.48. The molecule has 0 saturated carbocycles. The molecule has 8 nitrogen and oxygen atoms in total. The number of carbonyl (C=O) groups excluding carboxylic acids is 3. The van der Waals surface area contributed by atoms with E-state index in [9.17, 15) is 14.4 Å². The van der Waals surface area contributed by atoms with Crippen molar-refractivity contribution in [2.75, 3.05) is 6.61 Å². The van der Waals surface area contributed by atoms with E-state index in [-0.39, 0.29) is 22.7 Å². The van der Waals surface area contributed by atoms with Crippen LogP contribution in [0, 0.1) is 0 Å². The van der Waals surface area contributed by atoms with Crippen molar-refractivity contribution in [3.8, 4) is 0 Å². The summed E-state index contributed by atoms with van der Waals surface area (Å²) in [6, 6.07) is 25.0. The Bertz CT molecular complexity index is 1220. The van der Waals surface area contributed by atoms with E-state index in [1.54, 1.807) is 91.0 Å². The van der Waals surface area contributed by atoms with Crippen LogP contribution in [0.2, 0.25) is 0 Å². The second kappa shape index (κ2) is 11.6. The molecule has 1 saturated heterocycles. The van der Waals surface area contributed by atoms with Gasteiger partial charge in [0.15, 0.2) is 12.2 Å². The fraction of sp³-hybridized carbons (Fsp3) is 0.185. The van der Waals surface area contributed by atoms with Gasteiger partial charge < -0.3 is 24.7 Å². The largest absolute Gasteiger partial charge is 0.459 e. The van der Waals surface area contributed by atoms with Gasteiger partial charge in [0.05, 0.1) is 16.7 Å². The Balaban J connectivity index is 1.58. The molecule has 3 aromatic carbocycles. The maximum Gasteiger partial charge on any atom is 0.338 e. The van der Waals surface area contributed by atoms with E-state index in [4.69, 9.17) is 36.9 Å². The summed E-state index contributed by atoms with van der Waals surface area (Å²) in [5.41, 5.74) is 6.79. The molecule has 1 fully saturated rings. The first kappa shape index (κ1) is 25.0. The number of esters is 3. The second-order valence-corrected chi connectivity index (χ2v) is 8.41. The smallest absolute Gasteiger partial charge is 0.338 e. The van der Waals surface area contributed by atoms with E-state index in [1.165, 1.54) is 0 Å². The van der Waals surface area contributed by atoms with Gasteiger partial charge in [-0.15, -0.1) is 0 Å². The van der Waals surface area contributed by atoms with Gasteiger partial charge in [-0.1, -0.05) is 66.8 Å². The average molecular weight is 506 g/mol. The molecule has 0 spiro atoms. The predicted octanol–water partition coefficient (Wildman–Crippen LogP) is 3.35. The lowest BCUT2D eigenvalue weighted by atomic mass is 10.1. The lowest BCUT2D eigenvalue weighted by Gasteiger charge is -2.24. The molecule has 4 rings (SSSR count). The van der Waals surface area contributed by atoms with Gasteiger partial charge in [0.25, 0.3) is 0 Å². The van der Waals surface area contributed by atoms with Crippen LogP contribution in [0.1, 0.15) is 31.1 Å². The number of ether oxygens (including phenoxy) is 4. The molecule has 0 amide bonds. The number of hydrogen-bond donors (Lipinski definition) is 1. The zero-order valence-corrected chi connectivity index (χ0v) is 19.8. The minimum Gasteiger partial charge on any atom is -0.459 e. The van der Waals surface area contributed by atoms with Crippen LogP contribution in [-0.4, -0.2) is 53.9 Å². The van der Waals surface area contributed by atoms with Crippen LogP contribution in [0.3, 0.4) is 0 Å². The highest BCUT2D eigenvalue weighted by atomic mass is 32.1. The summed E-state index contributed by atoms with van der Waals surface area (Å²) in [5, 5.41) is 0. The van der Waals surface area contributed by atoms with E-state index in [0.717, 1.165) is 0 Å². The first-order valence-electron chi connectivity index (χ1n) is 11.1. The van der Waals surface area contributed by atoms with Crippen molar-refractivity contribution in [1.82, 2.24) is 0 Å². The summed E-state index contributed by atoms with van der Waals surface area (Å²) in [6.45, 7) is -0.293. The Morgan fingerprint density at radius 1 is 0.694 bits per heavy atom. The van der Waals surface area contributed by atoms with Crippen molar-refractivity contribution in [2.45, 2.75) is 24.4 Å². The third kappa shape index (κ3) is 5.94. The Labute approximate surface area is 212 Å². The van der Waals surface area contributed by atoms with E-state index in [1.807, 2.05) is 0 Å². The lowest BCUT2D eigenvalue weighted by molar-refractivity contribution is -0.0436. The Kier molecular flexibility index (Phi) is 8.04. The number of benzene rings is 3. The minimum atomic E-state index is -1.16. The summed E-state index contributed by atoms with van der Waals surface area (Å²) in [7, 11) is 0. The van der Waals surface area contributed by atoms with Gasteiger partial charge in [-0.25, -0.2) is 14.4 Å². The molecule has 0 radical (unpaired) electrons. The molecule has 1 heterocycles. The summed E-state index contributed by atoms with van der Waals surface area (Å²) >= 11 is 5.14. The summed E-state index contributed by atoms with van der Waals surface area (Å²) in [6.07, 6.45) is -4.38. The first-order chi connectivity index (χ1) is 17.4. The molecule has 0 bridgehead atoms. The summed E-state index contributed by atoms with van der Waals surface area (Å²) < 4.78 is 22.7. The predicted molar refractivity (Wildman–Crippen MR) is 133 cm³/mol. The highest BCUT2D eigenvalue weighted by Gasteiger charge is 2.51. The van der Waals surface area contributed by atoms with E-state index < -0.39 is 42.3 Å². The van der Waals surface area contributed by atoms with Gasteiger partial charge in [-0.05, 0) is 36.4 Å². The number of hydrogen-bond acceptors (Lipinski definition) is 8. The van der Waals surface area contributed by atoms with Crippen LogP contribution in [-0.2, 0) is 18.9 Å². The number of carbonyl (C=O) groups is 3. The van der Waals surface area contributed by atoms with E-state index >= 15 is 0 Å². The highest BCUT2D eigenvalue weighted by molar-refractivity contribution is 7.80. The quantitative estimate of drug-likeness (QED) is 0.280. The van der Waals surface area contributed by atoms with Gasteiger partial charge in [0.2, 0.25) is 0 Å². The molecule has 184 valence electrons. The Morgan fingerprint density at radius 3 is 1.56 bits per heavy atom. The lowest BCUT2D eigenvalue weighted by Crippen LogP contribution is -2.44. The van der Waals surface area contributed by atoms with Crippen molar-refractivity contribution in [2.24, 2.45) is 5.73 Å². The van der Waals surface area contributed by atoms with E-state index in [2.05, 4.69) is 0 Å². The Hall–Kier alpha value is -4.08. The molecule has 36 heavy (non-hydrogen) atoms. The van der Waals surface area contributed by atoms with Gasteiger partial charge in [0.1, 0.15) is 23.8 Å². The maximum atomic E-state index is 12.9. The monoisotopic (exact) mass is 505 g/mol. The van der Waals surface area contributed by atoms with E-state index in [0.29, 0.717) is 5.56 Å². The Morgan fingerprint density at radius 2 is 1.11 bits per heavy atom. The number of rotatable bonds is 8. The fourth-order valence-electron chi connectivity index (χ4n) is 3.71. The topological polar surface area (TPSA) is 114 Å². The number of nitrogens with two attached hydrogens (primary N) is 1. The van der Waals surface area contributed by atoms with Crippen molar-refractivity contribution in [3.05, 3.63) is 108 Å². The molecule has 1 unspecified atom stereocenters. The van der Waals surface area contributed by atoms with Crippen molar-refractivity contribution < 1.29 is 33.3 Å². The van der Waals surface area contributed by atoms with Crippen LogP contribution in [0.15, 0.2) is 91.0 Å². The van der Waals surface area contributed by atoms with Crippen molar-refractivity contribution in [1.29, 1.82) is 0 Å². The molecule has 1 aliphatic heterocycles. The minimum absolute atomic E-state index is 0.0986. The molecular weight excluding hydrogens is 482 g/mol. The van der Waals surface area contributed by atoms with Crippen molar-refractivity contribution >= 4 is 35.1 Å². The summed E-state index contributed by atoms with van der Waals surface area (Å²) in [5.74, 6) is -1.94. The van der Waals surface area contributed by atoms with Crippen LogP contribution >= 0.6 is 12.2 Å². The molecule has 3 aromatic rings. The van der Waals surface area contributed by atoms with Crippen LogP contribution in [0.25, 0.3) is 0 Å². The highest BCUT2D eigenvalue weighted by Crippen LogP contribution is 2.29. The van der Waals surface area contributed by atoms with Gasteiger partial charge >= 0.3 is 17.9 Å². The zero-order chi connectivity index (χ0) is 25.5. The van der Waals surface area contributed by atoms with Crippen molar-refractivity contribution in [3.63, 3.8) is 0 Å². The van der Waals surface area contributed by atoms with Gasteiger partial charge in [-0.3, -0.25) is 0 Å². The van der Waals surface area contributed by atoms with Crippen LogP contribution in [0.5, 0.6) is 0 Å². The fourth-order valence-corrected chi connectivity index (χ4v) is 3.90. The molecular formula is C27H23NO7S. The molecule has 0 aromatic heterocycles. The second-order valence-electron chi connectivity index (χ2n) is 7.93. The third-order valence-corrected chi connectivity index (χ3v) is 5.72. The zero-order valence-electron chi connectivity index (χ0n) is 19.0. The molecule has 9 heteroatoms. The van der Waals surface area contributed by atoms with Gasteiger partial charge in [-0.2, -0.15) is 0 Å². The van der Waals surface area contributed by atoms with Crippen LogP contribution < -0.4 is 5.73 Å². The molecule has 1 aliphatic rings. The molecule has 0 aliphatic carbocycles. The normalized spacial score (nSPS) is 20.8.